The van der Waals surface area contributed by atoms with Gasteiger partial charge in [-0.05, 0) is 48.4 Å². The van der Waals surface area contributed by atoms with Crippen LogP contribution in [-0.2, 0) is 21.7 Å². The number of nitrogens with one attached hydrogen (secondary N) is 1. The van der Waals surface area contributed by atoms with Crippen molar-refractivity contribution in [1.29, 1.82) is 0 Å². The molecule has 0 unspecified atom stereocenters. The summed E-state index contributed by atoms with van der Waals surface area (Å²) in [5.74, 6) is 2.55. The number of fused-ring (bicyclic) bond motifs is 5. The summed E-state index contributed by atoms with van der Waals surface area (Å²) in [5.41, 5.74) is 6.51. The van der Waals surface area contributed by atoms with Crippen LogP contribution in [0.2, 0.25) is 0 Å². The molecule has 2 heterocycles. The molecule has 3 aromatic carbocycles. The smallest absolute Gasteiger partial charge is 0.302 e. The Morgan fingerprint density at radius 3 is 2.71 bits per heavy atom. The lowest BCUT2D eigenvalue weighted by Gasteiger charge is -2.30. The molecule has 2 bridgehead atoms. The molecule has 11 heteroatoms. The monoisotopic (exact) mass is 611 g/mol. The van der Waals surface area contributed by atoms with E-state index < -0.39 is 12.9 Å². The number of phenolic OH excluding ortho intramolecular Hbond substituents is 2. The number of esters is 1. The second kappa shape index (κ2) is 12.2. The SMILES string of the molecule is CNCCOc1cc2c(cc1O)CSSC[C@H]1Cc3cc(O)cc(OCO)c3-c3ccc4c(c31)O[C@H]2[C@@H]4COC(C)=O. The highest BCUT2D eigenvalue weighted by molar-refractivity contribution is 8.76. The fourth-order valence-corrected chi connectivity index (χ4v) is 8.57. The van der Waals surface area contributed by atoms with E-state index in [4.69, 9.17) is 18.9 Å². The summed E-state index contributed by atoms with van der Waals surface area (Å²) < 4.78 is 24.0. The van der Waals surface area contributed by atoms with E-state index in [2.05, 4.69) is 5.32 Å². The third-order valence-corrected chi connectivity index (χ3v) is 10.3. The Balaban J connectivity index is 1.52. The Morgan fingerprint density at radius 1 is 1.07 bits per heavy atom. The van der Waals surface area contributed by atoms with E-state index in [1.165, 1.54) is 13.0 Å². The van der Waals surface area contributed by atoms with Gasteiger partial charge in [0.1, 0.15) is 36.6 Å². The highest BCUT2D eigenvalue weighted by Gasteiger charge is 2.43. The van der Waals surface area contributed by atoms with Crippen LogP contribution in [0.3, 0.4) is 0 Å². The largest absolute Gasteiger partial charge is 0.508 e. The number of aliphatic hydroxyl groups excluding tert-OH is 1. The molecule has 222 valence electrons. The van der Waals surface area contributed by atoms with Crippen LogP contribution in [0.5, 0.6) is 28.7 Å². The van der Waals surface area contributed by atoms with Crippen LogP contribution in [-0.4, -0.2) is 60.6 Å². The highest BCUT2D eigenvalue weighted by Crippen LogP contribution is 2.58. The van der Waals surface area contributed by atoms with Crippen molar-refractivity contribution >= 4 is 27.6 Å². The molecule has 6 rings (SSSR count). The summed E-state index contributed by atoms with van der Waals surface area (Å²) in [6, 6.07) is 11.0. The maximum atomic E-state index is 11.9. The van der Waals surface area contributed by atoms with Crippen molar-refractivity contribution in [3.63, 3.8) is 0 Å². The van der Waals surface area contributed by atoms with Crippen LogP contribution in [0.15, 0.2) is 36.4 Å². The molecular formula is C31H33NO8S2. The van der Waals surface area contributed by atoms with Gasteiger partial charge in [0.25, 0.3) is 0 Å². The first-order chi connectivity index (χ1) is 20.4. The Labute approximate surface area is 251 Å². The van der Waals surface area contributed by atoms with Gasteiger partial charge in [-0.3, -0.25) is 4.79 Å². The van der Waals surface area contributed by atoms with E-state index >= 15 is 0 Å². The maximum Gasteiger partial charge on any atom is 0.302 e. The van der Waals surface area contributed by atoms with Gasteiger partial charge in [0.05, 0.1) is 5.92 Å². The average Bonchev–Trinajstić information content (AvgIpc) is 3.31. The molecule has 0 spiro atoms. The van der Waals surface area contributed by atoms with Gasteiger partial charge in [-0.25, -0.2) is 0 Å². The predicted octanol–water partition coefficient (Wildman–Crippen LogP) is 5.01. The summed E-state index contributed by atoms with van der Waals surface area (Å²) >= 11 is 0. The standard InChI is InChI=1S/C31H33NO8S2/c1-16(34)38-12-24-21-3-4-22-28-17(8-20(35)10-27(28)39-15-33)7-19-14-42-41-13-18-9-25(36)26(37-6-5-32-2)11-23(18)30(24)40-31(21)29(19)22/h3-4,8-11,19,24,30,32-33,35-36H,5-7,12-15H2,1-2H3/t19-,24-,30-/m1/s1. The Morgan fingerprint density at radius 2 is 1.93 bits per heavy atom. The van der Waals surface area contributed by atoms with E-state index in [0.717, 1.165) is 50.4 Å². The number of carbonyl (C=O) groups excluding carboxylic acids is 1. The Kier molecular flexibility index (Phi) is 8.35. The minimum Gasteiger partial charge on any atom is -0.508 e. The quantitative estimate of drug-likeness (QED) is 0.119. The van der Waals surface area contributed by atoms with Crippen molar-refractivity contribution < 1.29 is 39.1 Å². The first-order valence-electron chi connectivity index (χ1n) is 13.8. The van der Waals surface area contributed by atoms with E-state index in [1.54, 1.807) is 33.7 Å². The number of hydrogen-bond acceptors (Lipinski definition) is 11. The molecule has 0 amide bonds. The first-order valence-corrected chi connectivity index (χ1v) is 16.3. The van der Waals surface area contributed by atoms with Gasteiger partial charge in [-0.15, -0.1) is 0 Å². The number of aromatic hydroxyl groups is 2. The Hall–Kier alpha value is -3.25. The molecule has 0 radical (unpaired) electrons. The van der Waals surface area contributed by atoms with Crippen molar-refractivity contribution in [2.75, 3.05) is 39.4 Å². The van der Waals surface area contributed by atoms with E-state index in [1.807, 2.05) is 25.2 Å². The zero-order chi connectivity index (χ0) is 29.4. The van der Waals surface area contributed by atoms with E-state index in [-0.39, 0.29) is 35.9 Å². The fraction of sp³-hybridized carbons (Fsp3) is 0.387. The van der Waals surface area contributed by atoms with Crippen LogP contribution in [0.1, 0.15) is 52.7 Å². The molecule has 2 aliphatic heterocycles. The molecule has 1 aliphatic carbocycles. The number of ether oxygens (including phenoxy) is 4. The maximum absolute atomic E-state index is 11.9. The van der Waals surface area contributed by atoms with Crippen molar-refractivity contribution in [3.05, 3.63) is 64.2 Å². The molecule has 42 heavy (non-hydrogen) atoms. The van der Waals surface area contributed by atoms with Gasteiger partial charge in [-0.2, -0.15) is 0 Å². The molecule has 4 N–H and O–H groups in total. The second-order valence-electron chi connectivity index (χ2n) is 10.6. The highest BCUT2D eigenvalue weighted by atomic mass is 33.1. The number of rotatable bonds is 8. The van der Waals surface area contributed by atoms with E-state index in [9.17, 15) is 20.1 Å². The topological polar surface area (TPSA) is 127 Å². The number of phenols is 2. The van der Waals surface area contributed by atoms with Gasteiger partial charge in [0.15, 0.2) is 18.3 Å². The predicted molar refractivity (Wildman–Crippen MR) is 162 cm³/mol. The lowest BCUT2D eigenvalue weighted by Crippen LogP contribution is -2.19. The van der Waals surface area contributed by atoms with Crippen LogP contribution >= 0.6 is 21.6 Å². The third kappa shape index (κ3) is 5.34. The first kappa shape index (κ1) is 28.9. The zero-order valence-electron chi connectivity index (χ0n) is 23.3. The lowest BCUT2D eigenvalue weighted by atomic mass is 9.77. The molecule has 3 aromatic rings. The molecule has 0 aromatic heterocycles. The molecule has 9 nitrogen and oxygen atoms in total. The van der Waals surface area contributed by atoms with Gasteiger partial charge in [0, 0.05) is 59.2 Å². The molecule has 3 aliphatic rings. The molecule has 0 saturated carbocycles. The number of benzene rings is 3. The van der Waals surface area contributed by atoms with E-state index in [0.29, 0.717) is 36.8 Å². The van der Waals surface area contributed by atoms with Gasteiger partial charge >= 0.3 is 5.97 Å². The van der Waals surface area contributed by atoms with Crippen molar-refractivity contribution in [2.45, 2.75) is 37.0 Å². The van der Waals surface area contributed by atoms with Gasteiger partial charge < -0.3 is 39.6 Å². The normalized spacial score (nSPS) is 20.0. The fourth-order valence-electron chi connectivity index (χ4n) is 6.15. The number of likely N-dealkylation sites (N-methyl/N-ethyl adjacent to an activating group) is 1. The summed E-state index contributed by atoms with van der Waals surface area (Å²) in [6.07, 6.45) is 0.175. The lowest BCUT2D eigenvalue weighted by molar-refractivity contribution is -0.141. The molecular weight excluding hydrogens is 578 g/mol. The number of hydrogen-bond donors (Lipinski definition) is 4. The second-order valence-corrected chi connectivity index (χ2v) is 13.1. The van der Waals surface area contributed by atoms with Crippen molar-refractivity contribution in [3.8, 4) is 39.9 Å². The number of aliphatic hydroxyl groups is 1. The molecule has 3 atom stereocenters. The summed E-state index contributed by atoms with van der Waals surface area (Å²) in [5, 5.41) is 33.9. The minimum atomic E-state index is -0.516. The van der Waals surface area contributed by atoms with Gasteiger partial charge in [-0.1, -0.05) is 33.7 Å². The van der Waals surface area contributed by atoms with Crippen LogP contribution in [0.25, 0.3) is 11.1 Å². The minimum absolute atomic E-state index is 0.0720. The number of carbonyl (C=O) groups is 1. The van der Waals surface area contributed by atoms with Crippen molar-refractivity contribution in [1.82, 2.24) is 5.32 Å². The summed E-state index contributed by atoms with van der Waals surface area (Å²) in [7, 11) is 5.30. The Bertz CT molecular complexity index is 1510. The van der Waals surface area contributed by atoms with Crippen LogP contribution in [0, 0.1) is 0 Å². The molecule has 0 saturated heterocycles. The summed E-state index contributed by atoms with van der Waals surface area (Å²) in [4.78, 5) is 11.9. The molecule has 0 fully saturated rings. The zero-order valence-corrected chi connectivity index (χ0v) is 25.0. The summed E-state index contributed by atoms with van der Waals surface area (Å²) in [6.45, 7) is 2.03. The van der Waals surface area contributed by atoms with Crippen LogP contribution < -0.4 is 19.5 Å². The van der Waals surface area contributed by atoms with Gasteiger partial charge in [0.2, 0.25) is 0 Å². The average molecular weight is 612 g/mol. The third-order valence-electron chi connectivity index (χ3n) is 7.94. The van der Waals surface area contributed by atoms with Crippen molar-refractivity contribution in [2.24, 2.45) is 0 Å². The van der Waals surface area contributed by atoms with Crippen LogP contribution in [0.4, 0.5) is 0 Å².